The van der Waals surface area contributed by atoms with Gasteiger partial charge < -0.3 is 11.1 Å². The molecule has 0 fully saturated rings. The number of aryl methyl sites for hydroxylation is 1. The number of nitrogens with one attached hydrogen (secondary N) is 1. The molecule has 1 aliphatic carbocycles. The quantitative estimate of drug-likeness (QED) is 0.330. The van der Waals surface area contributed by atoms with E-state index >= 15 is 0 Å². The molecule has 1 aliphatic rings. The first-order valence-corrected chi connectivity index (χ1v) is 12.3. The molecule has 5 N–H and O–H groups in total. The minimum absolute atomic E-state index is 0.338. The first-order valence-electron chi connectivity index (χ1n) is 11.4. The lowest BCUT2D eigenvalue weighted by atomic mass is 9.88. The first-order chi connectivity index (χ1) is 16.6. The van der Waals surface area contributed by atoms with Gasteiger partial charge in [0.15, 0.2) is 5.69 Å². The predicted octanol–water partition coefficient (Wildman–Crippen LogP) is 5.34. The lowest BCUT2D eigenvalue weighted by Crippen LogP contribution is -2.15. The van der Waals surface area contributed by atoms with Crippen LogP contribution >= 0.6 is 11.9 Å². The van der Waals surface area contributed by atoms with Crippen LogP contribution in [0.25, 0.3) is 16.9 Å². The molecule has 7 heteroatoms. The molecule has 1 amide bonds. The van der Waals surface area contributed by atoms with E-state index in [1.165, 1.54) is 23.1 Å². The van der Waals surface area contributed by atoms with E-state index < -0.39 is 5.91 Å². The van der Waals surface area contributed by atoms with Crippen molar-refractivity contribution in [1.29, 1.82) is 0 Å². The molecule has 0 saturated carbocycles. The summed E-state index contributed by atoms with van der Waals surface area (Å²) in [5, 5.41) is 13.8. The average Bonchev–Trinajstić information content (AvgIpc) is 3.30. The number of aromatic nitrogens is 2. The van der Waals surface area contributed by atoms with Crippen LogP contribution in [0, 0.1) is 0 Å². The van der Waals surface area contributed by atoms with Gasteiger partial charge in [-0.1, -0.05) is 50.2 Å². The fourth-order valence-electron chi connectivity index (χ4n) is 4.20. The van der Waals surface area contributed by atoms with Crippen LogP contribution in [-0.4, -0.2) is 15.7 Å². The Morgan fingerprint density at radius 2 is 1.76 bits per heavy atom. The van der Waals surface area contributed by atoms with Crippen molar-refractivity contribution in [2.75, 3.05) is 5.32 Å². The van der Waals surface area contributed by atoms with Crippen molar-refractivity contribution < 1.29 is 4.79 Å². The van der Waals surface area contributed by atoms with Crippen LogP contribution in [0.1, 0.15) is 41.0 Å². The molecule has 1 heterocycles. The highest BCUT2D eigenvalue weighted by Crippen LogP contribution is 2.38. The number of nitrogens with zero attached hydrogens (tertiary/aromatic N) is 2. The summed E-state index contributed by atoms with van der Waals surface area (Å²) in [5.41, 5.74) is 13.3. The summed E-state index contributed by atoms with van der Waals surface area (Å²) in [6.07, 6.45) is 1.57. The van der Waals surface area contributed by atoms with Gasteiger partial charge in [-0.05, 0) is 72.3 Å². The third kappa shape index (κ3) is 4.71. The molecule has 174 valence electrons. The molecule has 0 saturated heterocycles. The molecule has 4 aromatic rings. The smallest absolute Gasteiger partial charge is 0.269 e. The minimum Gasteiger partial charge on any atom is -0.381 e. The number of primary amides is 1. The maximum absolute atomic E-state index is 12.2. The normalized spacial score (nSPS) is 11.6. The zero-order chi connectivity index (χ0) is 24.1. The number of carbonyl (C=O) groups excluding carboxylic acids is 1. The Kier molecular flexibility index (Phi) is 7.35. The molecule has 1 aromatic heterocycles. The Morgan fingerprint density at radius 3 is 2.44 bits per heavy atom. The summed E-state index contributed by atoms with van der Waals surface area (Å²) in [7, 11) is 0. The zero-order valence-corrected chi connectivity index (χ0v) is 20.2. The number of rotatable bonds is 6. The van der Waals surface area contributed by atoms with Crippen LogP contribution in [0.2, 0.25) is 0 Å². The van der Waals surface area contributed by atoms with Crippen LogP contribution in [0.4, 0.5) is 5.69 Å². The summed E-state index contributed by atoms with van der Waals surface area (Å²) in [4.78, 5) is 13.1. The van der Waals surface area contributed by atoms with Crippen LogP contribution in [0.5, 0.6) is 0 Å². The third-order valence-electron chi connectivity index (χ3n) is 5.78. The number of nitrogens with two attached hydrogens (primary N) is 2. The Bertz CT molecular complexity index is 1280. The van der Waals surface area contributed by atoms with Gasteiger partial charge in [0.05, 0.1) is 11.4 Å². The molecule has 34 heavy (non-hydrogen) atoms. The topological polar surface area (TPSA) is 99.0 Å². The van der Waals surface area contributed by atoms with E-state index in [1.54, 1.807) is 0 Å². The zero-order valence-electron chi connectivity index (χ0n) is 19.4. The van der Waals surface area contributed by atoms with E-state index in [4.69, 9.17) is 10.9 Å². The standard InChI is InChI=1S/C25H23N5OS.C2H6/c26-25(31)23-21-13-7-17-6-8-18(28-15-16-4-2-1-3-5-16)14-22(17)24(21)30(29-23)19-9-11-20(32-27)12-10-19;1-2/h1-6,8-12,14,28H,7,13,15,27H2,(H2,26,31);1-2H3. The first kappa shape index (κ1) is 23.6. The Labute approximate surface area is 204 Å². The monoisotopic (exact) mass is 471 g/mol. The fourth-order valence-corrected chi connectivity index (χ4v) is 4.49. The number of benzene rings is 3. The molecule has 3 aromatic carbocycles. The van der Waals surface area contributed by atoms with Gasteiger partial charge in [-0.15, -0.1) is 0 Å². The van der Waals surface area contributed by atoms with Crippen LogP contribution in [0.15, 0.2) is 77.7 Å². The lowest BCUT2D eigenvalue weighted by molar-refractivity contribution is 0.0994. The van der Waals surface area contributed by atoms with Crippen molar-refractivity contribution in [2.24, 2.45) is 10.9 Å². The highest BCUT2D eigenvalue weighted by Gasteiger charge is 2.28. The molecule has 0 radical (unpaired) electrons. The molecule has 0 unspecified atom stereocenters. The van der Waals surface area contributed by atoms with Gasteiger partial charge in [-0.2, -0.15) is 5.10 Å². The number of amides is 1. The van der Waals surface area contributed by atoms with Gasteiger partial charge in [-0.25, -0.2) is 4.68 Å². The van der Waals surface area contributed by atoms with Gasteiger partial charge in [0, 0.05) is 28.3 Å². The van der Waals surface area contributed by atoms with Crippen LogP contribution in [0.3, 0.4) is 0 Å². The fraction of sp³-hybridized carbons (Fsp3) is 0.185. The van der Waals surface area contributed by atoms with Gasteiger partial charge >= 0.3 is 0 Å². The average molecular weight is 472 g/mol. The van der Waals surface area contributed by atoms with Crippen LogP contribution < -0.4 is 16.2 Å². The van der Waals surface area contributed by atoms with Crippen molar-refractivity contribution in [3.05, 3.63) is 95.2 Å². The van der Waals surface area contributed by atoms with E-state index in [-0.39, 0.29) is 0 Å². The molecule has 0 aliphatic heterocycles. The SMILES string of the molecule is CC.NSc1ccc(-n2nc(C(N)=O)c3c2-c2cc(NCc4ccccc4)ccc2CC3)cc1. The lowest BCUT2D eigenvalue weighted by Gasteiger charge is -2.20. The van der Waals surface area contributed by atoms with Gasteiger partial charge in [-0.3, -0.25) is 9.93 Å². The van der Waals surface area contributed by atoms with Gasteiger partial charge in [0.1, 0.15) is 0 Å². The van der Waals surface area contributed by atoms with Crippen molar-refractivity contribution in [1.82, 2.24) is 9.78 Å². The molecular formula is C27H29N5OS. The number of fused-ring (bicyclic) bond motifs is 3. The third-order valence-corrected chi connectivity index (χ3v) is 6.33. The van der Waals surface area contributed by atoms with E-state index in [0.717, 1.165) is 52.5 Å². The summed E-state index contributed by atoms with van der Waals surface area (Å²) in [6.45, 7) is 4.73. The highest BCUT2D eigenvalue weighted by atomic mass is 32.2. The van der Waals surface area contributed by atoms with Crippen molar-refractivity contribution in [2.45, 2.75) is 38.1 Å². The molecule has 6 nitrogen and oxygen atoms in total. The van der Waals surface area contributed by atoms with Crippen molar-refractivity contribution in [3.63, 3.8) is 0 Å². The Morgan fingerprint density at radius 1 is 1.03 bits per heavy atom. The van der Waals surface area contributed by atoms with Crippen molar-refractivity contribution >= 4 is 23.5 Å². The maximum Gasteiger partial charge on any atom is 0.269 e. The number of hydrogen-bond donors (Lipinski definition) is 3. The van der Waals surface area contributed by atoms with Gasteiger partial charge in [0.25, 0.3) is 5.91 Å². The summed E-state index contributed by atoms with van der Waals surface area (Å²) in [6, 6.07) is 24.5. The second kappa shape index (κ2) is 10.6. The molecule has 5 rings (SSSR count). The van der Waals surface area contributed by atoms with Gasteiger partial charge in [0.2, 0.25) is 0 Å². The van der Waals surface area contributed by atoms with E-state index in [9.17, 15) is 4.79 Å². The maximum atomic E-state index is 12.2. The molecule has 0 atom stereocenters. The summed E-state index contributed by atoms with van der Waals surface area (Å²) in [5.74, 6) is -0.504. The van der Waals surface area contributed by atoms with Crippen LogP contribution in [-0.2, 0) is 19.4 Å². The summed E-state index contributed by atoms with van der Waals surface area (Å²) >= 11 is 1.19. The minimum atomic E-state index is -0.504. The number of carbonyl (C=O) groups is 1. The molecular weight excluding hydrogens is 442 g/mol. The molecule has 0 spiro atoms. The van der Waals surface area contributed by atoms with E-state index in [2.05, 4.69) is 40.7 Å². The van der Waals surface area contributed by atoms with E-state index in [1.807, 2.05) is 61.0 Å². The largest absolute Gasteiger partial charge is 0.381 e. The second-order valence-electron chi connectivity index (χ2n) is 7.77. The number of anilines is 1. The second-order valence-corrected chi connectivity index (χ2v) is 8.48. The van der Waals surface area contributed by atoms with Crippen molar-refractivity contribution in [3.8, 4) is 16.9 Å². The Hall–Kier alpha value is -3.55. The Balaban J connectivity index is 0.00000133. The highest BCUT2D eigenvalue weighted by molar-refractivity contribution is 7.97. The molecule has 0 bridgehead atoms. The predicted molar refractivity (Wildman–Crippen MR) is 140 cm³/mol. The number of hydrogen-bond acceptors (Lipinski definition) is 5. The summed E-state index contributed by atoms with van der Waals surface area (Å²) < 4.78 is 1.83. The van der Waals surface area contributed by atoms with E-state index in [0.29, 0.717) is 5.69 Å².